The molecule has 0 radical (unpaired) electrons. The molecule has 0 aliphatic rings. The molecular formula is C24H30N4O6. The van der Waals surface area contributed by atoms with Gasteiger partial charge in [-0.25, -0.2) is 5.10 Å². The smallest absolute Gasteiger partial charge is 0.313 e. The highest BCUT2D eigenvalue weighted by Crippen LogP contribution is 2.35. The van der Waals surface area contributed by atoms with E-state index in [2.05, 4.69) is 20.8 Å². The lowest BCUT2D eigenvalue weighted by molar-refractivity contribution is -0.153. The Morgan fingerprint density at radius 2 is 1.88 bits per heavy atom. The lowest BCUT2D eigenvalue weighted by Gasteiger charge is -2.31. The predicted octanol–water partition coefficient (Wildman–Crippen LogP) is 2.91. The maximum Gasteiger partial charge on any atom is 0.313 e. The zero-order valence-electron chi connectivity index (χ0n) is 19.8. The van der Waals surface area contributed by atoms with Gasteiger partial charge in [-0.1, -0.05) is 18.2 Å². The van der Waals surface area contributed by atoms with Crippen LogP contribution in [0.3, 0.4) is 0 Å². The quantitative estimate of drug-likeness (QED) is 0.285. The first-order chi connectivity index (χ1) is 16.2. The van der Waals surface area contributed by atoms with Crippen molar-refractivity contribution < 1.29 is 23.5 Å². The number of anilines is 1. The number of furan rings is 1. The molecule has 0 aliphatic heterocycles. The lowest BCUT2D eigenvalue weighted by atomic mass is 9.83. The van der Waals surface area contributed by atoms with E-state index in [0.29, 0.717) is 42.2 Å². The van der Waals surface area contributed by atoms with Crippen LogP contribution < -0.4 is 16.2 Å². The van der Waals surface area contributed by atoms with Crippen LogP contribution in [0.15, 0.2) is 45.6 Å². The first-order valence-corrected chi connectivity index (χ1v) is 11.0. The van der Waals surface area contributed by atoms with Crippen LogP contribution in [0.4, 0.5) is 5.82 Å². The molecule has 3 N–H and O–H groups in total. The minimum Gasteiger partial charge on any atom is -0.469 e. The Labute approximate surface area is 197 Å². The number of fused-ring (bicyclic) bond motifs is 1. The summed E-state index contributed by atoms with van der Waals surface area (Å²) in [6, 6.07) is 10.3. The van der Waals surface area contributed by atoms with Crippen molar-refractivity contribution in [3.8, 4) is 0 Å². The number of aromatic amines is 1. The molecule has 1 unspecified atom stereocenters. The summed E-state index contributed by atoms with van der Waals surface area (Å²) >= 11 is 0. The fraction of sp³-hybridized carbons (Fsp3) is 0.417. The third kappa shape index (κ3) is 5.82. The number of benzene rings is 1. The van der Waals surface area contributed by atoms with Crippen molar-refractivity contribution in [1.82, 2.24) is 15.5 Å². The van der Waals surface area contributed by atoms with E-state index in [4.69, 9.17) is 13.9 Å². The molecular weight excluding hydrogens is 440 g/mol. The molecule has 2 heterocycles. The van der Waals surface area contributed by atoms with E-state index in [0.717, 1.165) is 5.39 Å². The number of carbonyl (C=O) groups excluding carboxylic acids is 2. The molecule has 10 nitrogen and oxygen atoms in total. The van der Waals surface area contributed by atoms with Gasteiger partial charge in [-0.3, -0.25) is 14.4 Å². The molecule has 34 heavy (non-hydrogen) atoms. The standard InChI is InChI=1S/C24H30N4O6/c1-15(29)33-14-16-10-11-19(34-16)20(24(2,3)23(31)32-4)25-12-7-13-26-21-17-8-5-6-9-18(17)22(30)28-27-21/h5-6,8-11,20,25H,7,12-14H2,1-4H3,(H,26,27)(H,28,30). The number of aromatic nitrogens is 2. The Hall–Kier alpha value is -3.66. The van der Waals surface area contributed by atoms with Crippen molar-refractivity contribution >= 4 is 28.5 Å². The predicted molar refractivity (Wildman–Crippen MR) is 126 cm³/mol. The van der Waals surface area contributed by atoms with Gasteiger partial charge in [0.2, 0.25) is 0 Å². The fourth-order valence-electron chi connectivity index (χ4n) is 3.68. The van der Waals surface area contributed by atoms with Gasteiger partial charge in [-0.05, 0) is 45.0 Å². The van der Waals surface area contributed by atoms with Gasteiger partial charge < -0.3 is 24.5 Å². The maximum atomic E-state index is 12.5. The average molecular weight is 471 g/mol. The first-order valence-electron chi connectivity index (χ1n) is 11.0. The number of hydrogen-bond acceptors (Lipinski definition) is 9. The summed E-state index contributed by atoms with van der Waals surface area (Å²) in [7, 11) is 1.35. The Bertz CT molecular complexity index is 1200. The molecule has 1 aromatic carbocycles. The highest BCUT2D eigenvalue weighted by Gasteiger charge is 2.40. The van der Waals surface area contributed by atoms with Gasteiger partial charge in [0.15, 0.2) is 5.82 Å². The van der Waals surface area contributed by atoms with Crippen molar-refractivity contribution in [3.63, 3.8) is 0 Å². The van der Waals surface area contributed by atoms with Gasteiger partial charge in [-0.2, -0.15) is 5.10 Å². The number of hydrogen-bond donors (Lipinski definition) is 3. The van der Waals surface area contributed by atoms with Gasteiger partial charge in [0.25, 0.3) is 5.56 Å². The third-order valence-electron chi connectivity index (χ3n) is 5.51. The highest BCUT2D eigenvalue weighted by atomic mass is 16.5. The molecule has 3 aromatic rings. The van der Waals surface area contributed by atoms with Gasteiger partial charge in [-0.15, -0.1) is 0 Å². The zero-order chi connectivity index (χ0) is 24.7. The van der Waals surface area contributed by atoms with Gasteiger partial charge in [0.1, 0.15) is 18.1 Å². The summed E-state index contributed by atoms with van der Waals surface area (Å²) in [6.07, 6.45) is 0.698. The Morgan fingerprint density at radius 3 is 2.59 bits per heavy atom. The van der Waals surface area contributed by atoms with Crippen LogP contribution >= 0.6 is 0 Å². The van der Waals surface area contributed by atoms with E-state index in [1.165, 1.54) is 14.0 Å². The molecule has 0 bridgehead atoms. The van der Waals surface area contributed by atoms with Crippen LogP contribution in [0.2, 0.25) is 0 Å². The van der Waals surface area contributed by atoms with Crippen LogP contribution in [0.25, 0.3) is 10.8 Å². The Morgan fingerprint density at radius 1 is 1.15 bits per heavy atom. The largest absolute Gasteiger partial charge is 0.469 e. The second-order valence-corrected chi connectivity index (χ2v) is 8.41. The van der Waals surface area contributed by atoms with E-state index in [1.807, 2.05) is 12.1 Å². The highest BCUT2D eigenvalue weighted by molar-refractivity contribution is 5.90. The average Bonchev–Trinajstić information content (AvgIpc) is 3.29. The summed E-state index contributed by atoms with van der Waals surface area (Å²) in [4.78, 5) is 35.5. The number of methoxy groups -OCH3 is 1. The Kier molecular flexibility index (Phi) is 8.06. The summed E-state index contributed by atoms with van der Waals surface area (Å²) in [5.41, 5.74) is -1.16. The van der Waals surface area contributed by atoms with Crippen LogP contribution in [-0.4, -0.2) is 42.3 Å². The van der Waals surface area contributed by atoms with E-state index in [1.54, 1.807) is 38.1 Å². The molecule has 10 heteroatoms. The topological polar surface area (TPSA) is 136 Å². The summed E-state index contributed by atoms with van der Waals surface area (Å²) in [6.45, 7) is 6.04. The molecule has 0 saturated heterocycles. The molecule has 0 spiro atoms. The maximum absolute atomic E-state index is 12.5. The molecule has 2 aromatic heterocycles. The minimum absolute atomic E-state index is 0.0186. The van der Waals surface area contributed by atoms with Gasteiger partial charge in [0.05, 0.1) is 24.0 Å². The van der Waals surface area contributed by atoms with Gasteiger partial charge in [0, 0.05) is 18.9 Å². The Balaban J connectivity index is 1.65. The molecule has 182 valence electrons. The fourth-order valence-corrected chi connectivity index (χ4v) is 3.68. The van der Waals surface area contributed by atoms with Crippen molar-refractivity contribution in [1.29, 1.82) is 0 Å². The monoisotopic (exact) mass is 470 g/mol. The second kappa shape index (κ2) is 11.0. The number of esters is 2. The number of rotatable bonds is 11. The van der Waals surface area contributed by atoms with E-state index < -0.39 is 17.4 Å². The van der Waals surface area contributed by atoms with Crippen LogP contribution in [0.1, 0.15) is 44.8 Å². The molecule has 0 amide bonds. The van der Waals surface area contributed by atoms with Crippen molar-refractivity contribution in [2.24, 2.45) is 5.41 Å². The number of ether oxygens (including phenoxy) is 2. The van der Waals surface area contributed by atoms with Crippen LogP contribution in [-0.2, 0) is 25.7 Å². The second-order valence-electron chi connectivity index (χ2n) is 8.41. The van der Waals surface area contributed by atoms with E-state index >= 15 is 0 Å². The minimum atomic E-state index is -0.921. The summed E-state index contributed by atoms with van der Waals surface area (Å²) in [5.74, 6) is 0.835. The van der Waals surface area contributed by atoms with E-state index in [9.17, 15) is 14.4 Å². The van der Waals surface area contributed by atoms with Gasteiger partial charge >= 0.3 is 11.9 Å². The normalized spacial score (nSPS) is 12.4. The molecule has 0 fully saturated rings. The molecule has 1 atom stereocenters. The number of H-pyrrole nitrogens is 1. The molecule has 0 aliphatic carbocycles. The summed E-state index contributed by atoms with van der Waals surface area (Å²) < 4.78 is 15.8. The van der Waals surface area contributed by atoms with Crippen LogP contribution in [0.5, 0.6) is 0 Å². The number of nitrogens with zero attached hydrogens (tertiary/aromatic N) is 1. The number of carbonyl (C=O) groups is 2. The zero-order valence-corrected chi connectivity index (χ0v) is 19.8. The van der Waals surface area contributed by atoms with Crippen molar-refractivity contribution in [2.45, 2.75) is 39.8 Å². The van der Waals surface area contributed by atoms with Crippen molar-refractivity contribution in [2.75, 3.05) is 25.5 Å². The molecule has 3 rings (SSSR count). The third-order valence-corrected chi connectivity index (χ3v) is 5.51. The van der Waals surface area contributed by atoms with Crippen LogP contribution in [0, 0.1) is 5.41 Å². The lowest BCUT2D eigenvalue weighted by Crippen LogP contribution is -2.41. The number of nitrogens with one attached hydrogen (secondary N) is 3. The first kappa shape index (κ1) is 25.0. The van der Waals surface area contributed by atoms with Crippen molar-refractivity contribution in [3.05, 3.63) is 58.3 Å². The summed E-state index contributed by atoms with van der Waals surface area (Å²) in [5, 5.41) is 14.6. The SMILES string of the molecule is COC(=O)C(C)(C)C(NCCCNc1n[nH]c(=O)c2ccccc12)c1ccc(COC(C)=O)o1. The van der Waals surface area contributed by atoms with E-state index in [-0.39, 0.29) is 18.1 Å². The molecule has 0 saturated carbocycles.